The first-order valence-electron chi connectivity index (χ1n) is 9.83. The van der Waals surface area contributed by atoms with E-state index in [0.717, 1.165) is 24.4 Å². The van der Waals surface area contributed by atoms with Crippen LogP contribution in [0.2, 0.25) is 0 Å². The predicted molar refractivity (Wildman–Crippen MR) is 110 cm³/mol. The first-order chi connectivity index (χ1) is 13.9. The summed E-state index contributed by atoms with van der Waals surface area (Å²) in [5.41, 5.74) is 0.952. The smallest absolute Gasteiger partial charge is 0.251 e. The van der Waals surface area contributed by atoms with E-state index < -0.39 is 10.0 Å². The van der Waals surface area contributed by atoms with Crippen molar-refractivity contribution in [3.8, 4) is 0 Å². The highest BCUT2D eigenvalue weighted by Gasteiger charge is 2.30. The Kier molecular flexibility index (Phi) is 7.09. The Labute approximate surface area is 172 Å². The van der Waals surface area contributed by atoms with Crippen LogP contribution in [0.4, 0.5) is 0 Å². The normalized spacial score (nSPS) is 20.8. The molecule has 2 saturated heterocycles. The van der Waals surface area contributed by atoms with Gasteiger partial charge in [-0.3, -0.25) is 9.79 Å². The number of sulfonamides is 1. The van der Waals surface area contributed by atoms with E-state index in [2.05, 4.69) is 19.9 Å². The zero-order valence-electron chi connectivity index (χ0n) is 16.9. The number of piperazine rings is 1. The summed E-state index contributed by atoms with van der Waals surface area (Å²) in [5, 5.41) is 3.31. The summed E-state index contributed by atoms with van der Waals surface area (Å²) in [4.78, 5) is 21.0. The molecular formula is C19H29N5O4S. The maximum absolute atomic E-state index is 12.5. The van der Waals surface area contributed by atoms with Crippen LogP contribution in [-0.4, -0.2) is 83.1 Å². The molecule has 1 aromatic rings. The number of ether oxygens (including phenoxy) is 1. The summed E-state index contributed by atoms with van der Waals surface area (Å²) in [7, 11) is -0.307. The number of nitrogens with zero attached hydrogens (tertiary/aromatic N) is 3. The zero-order chi connectivity index (χ0) is 20.9. The van der Waals surface area contributed by atoms with Gasteiger partial charge in [-0.2, -0.15) is 0 Å². The van der Waals surface area contributed by atoms with Gasteiger partial charge in [0.1, 0.15) is 6.10 Å². The minimum atomic E-state index is -3.43. The molecular weight excluding hydrogens is 394 g/mol. The third-order valence-corrected chi connectivity index (χ3v) is 6.69. The van der Waals surface area contributed by atoms with Gasteiger partial charge in [0, 0.05) is 46.4 Å². The standard InChI is InChI=1S/C19H29N5O4S/c1-20-19(22-14-15-5-7-16(8-6-15)29(26,27)21-2)24-11-9-23(10-12-24)18(25)17-4-3-13-28-17/h5-8,17,21H,3-4,9-14H2,1-2H3,(H,20,22). The summed E-state index contributed by atoms with van der Waals surface area (Å²) in [6.45, 7) is 3.91. The highest BCUT2D eigenvalue weighted by atomic mass is 32.2. The van der Waals surface area contributed by atoms with Gasteiger partial charge < -0.3 is 19.9 Å². The van der Waals surface area contributed by atoms with Gasteiger partial charge in [-0.15, -0.1) is 0 Å². The molecule has 1 amide bonds. The van der Waals surface area contributed by atoms with Gasteiger partial charge in [0.2, 0.25) is 10.0 Å². The van der Waals surface area contributed by atoms with Crippen molar-refractivity contribution in [2.75, 3.05) is 46.9 Å². The van der Waals surface area contributed by atoms with Crippen molar-refractivity contribution in [2.24, 2.45) is 4.99 Å². The lowest BCUT2D eigenvalue weighted by molar-refractivity contribution is -0.142. The molecule has 2 aliphatic rings. The van der Waals surface area contributed by atoms with Gasteiger partial charge in [0.25, 0.3) is 5.91 Å². The molecule has 2 heterocycles. The minimum Gasteiger partial charge on any atom is -0.368 e. The van der Waals surface area contributed by atoms with Gasteiger partial charge in [-0.1, -0.05) is 12.1 Å². The van der Waals surface area contributed by atoms with E-state index in [1.807, 2.05) is 4.90 Å². The van der Waals surface area contributed by atoms with Crippen molar-refractivity contribution in [1.29, 1.82) is 0 Å². The SMILES string of the molecule is CN=C(NCc1ccc(S(=O)(=O)NC)cc1)N1CCN(C(=O)C2CCCO2)CC1. The quantitative estimate of drug-likeness (QED) is 0.510. The molecule has 2 fully saturated rings. The number of rotatable bonds is 5. The molecule has 2 aliphatic heterocycles. The van der Waals surface area contributed by atoms with E-state index in [-0.39, 0.29) is 16.9 Å². The summed E-state index contributed by atoms with van der Waals surface area (Å²) in [5.74, 6) is 0.864. The maximum Gasteiger partial charge on any atom is 0.251 e. The topological polar surface area (TPSA) is 103 Å². The largest absolute Gasteiger partial charge is 0.368 e. The number of benzene rings is 1. The second kappa shape index (κ2) is 9.55. The minimum absolute atomic E-state index is 0.0988. The lowest BCUT2D eigenvalue weighted by Gasteiger charge is -2.37. The van der Waals surface area contributed by atoms with E-state index in [0.29, 0.717) is 39.3 Å². The third-order valence-electron chi connectivity index (χ3n) is 5.26. The molecule has 160 valence electrons. The number of aliphatic imine (C=N–C) groups is 1. The Hall–Kier alpha value is -2.17. The van der Waals surface area contributed by atoms with Crippen LogP contribution in [-0.2, 0) is 26.1 Å². The Morgan fingerprint density at radius 2 is 1.83 bits per heavy atom. The Morgan fingerprint density at radius 1 is 1.17 bits per heavy atom. The number of hydrogen-bond donors (Lipinski definition) is 2. The number of carbonyl (C=O) groups is 1. The van der Waals surface area contributed by atoms with Crippen molar-refractivity contribution in [1.82, 2.24) is 19.8 Å². The molecule has 10 heteroatoms. The molecule has 2 N–H and O–H groups in total. The second-order valence-corrected chi connectivity index (χ2v) is 8.95. The van der Waals surface area contributed by atoms with Crippen LogP contribution in [0.15, 0.2) is 34.2 Å². The van der Waals surface area contributed by atoms with Crippen molar-refractivity contribution in [2.45, 2.75) is 30.4 Å². The molecule has 0 saturated carbocycles. The molecule has 9 nitrogen and oxygen atoms in total. The Balaban J connectivity index is 1.50. The summed E-state index contributed by atoms with van der Waals surface area (Å²) >= 11 is 0. The van der Waals surface area contributed by atoms with Crippen LogP contribution in [0.25, 0.3) is 0 Å². The van der Waals surface area contributed by atoms with Crippen molar-refractivity contribution in [3.05, 3.63) is 29.8 Å². The highest BCUT2D eigenvalue weighted by molar-refractivity contribution is 7.89. The fourth-order valence-electron chi connectivity index (χ4n) is 3.53. The molecule has 0 spiro atoms. The van der Waals surface area contributed by atoms with Crippen molar-refractivity contribution >= 4 is 21.9 Å². The number of carbonyl (C=O) groups excluding carboxylic acids is 1. The molecule has 0 aromatic heterocycles. The van der Waals surface area contributed by atoms with Gasteiger partial charge in [0.15, 0.2) is 5.96 Å². The Bertz CT molecular complexity index is 827. The number of nitrogens with one attached hydrogen (secondary N) is 2. The number of hydrogen-bond acceptors (Lipinski definition) is 5. The van der Waals surface area contributed by atoms with Crippen LogP contribution < -0.4 is 10.0 Å². The molecule has 0 radical (unpaired) electrons. The average Bonchev–Trinajstić information content (AvgIpc) is 3.29. The summed E-state index contributed by atoms with van der Waals surface area (Å²) in [6, 6.07) is 6.73. The maximum atomic E-state index is 12.5. The van der Waals surface area contributed by atoms with Gasteiger partial charge in [0.05, 0.1) is 4.90 Å². The van der Waals surface area contributed by atoms with Crippen LogP contribution in [0.5, 0.6) is 0 Å². The third kappa shape index (κ3) is 5.26. The highest BCUT2D eigenvalue weighted by Crippen LogP contribution is 2.16. The average molecular weight is 424 g/mol. The molecule has 1 atom stereocenters. The van der Waals surface area contributed by atoms with Crippen LogP contribution in [0.3, 0.4) is 0 Å². The summed E-state index contributed by atoms with van der Waals surface area (Å²) < 4.78 is 31.4. The first kappa shape index (κ1) is 21.5. The molecule has 0 aliphatic carbocycles. The predicted octanol–water partition coefficient (Wildman–Crippen LogP) is -0.00670. The number of guanidine groups is 1. The summed E-state index contributed by atoms with van der Waals surface area (Å²) in [6.07, 6.45) is 1.50. The van der Waals surface area contributed by atoms with E-state index in [9.17, 15) is 13.2 Å². The lowest BCUT2D eigenvalue weighted by atomic mass is 10.2. The fraction of sp³-hybridized carbons (Fsp3) is 0.579. The van der Waals surface area contributed by atoms with E-state index in [1.54, 1.807) is 31.3 Å². The van der Waals surface area contributed by atoms with E-state index >= 15 is 0 Å². The van der Waals surface area contributed by atoms with E-state index in [4.69, 9.17) is 4.74 Å². The van der Waals surface area contributed by atoms with E-state index in [1.165, 1.54) is 7.05 Å². The van der Waals surface area contributed by atoms with Crippen LogP contribution in [0.1, 0.15) is 18.4 Å². The Morgan fingerprint density at radius 3 is 2.38 bits per heavy atom. The fourth-order valence-corrected chi connectivity index (χ4v) is 4.26. The van der Waals surface area contributed by atoms with Gasteiger partial charge in [-0.05, 0) is 37.6 Å². The van der Waals surface area contributed by atoms with Gasteiger partial charge in [-0.25, -0.2) is 13.1 Å². The zero-order valence-corrected chi connectivity index (χ0v) is 17.7. The second-order valence-electron chi connectivity index (χ2n) is 7.07. The first-order valence-corrected chi connectivity index (χ1v) is 11.3. The molecule has 1 unspecified atom stereocenters. The molecule has 1 aromatic carbocycles. The number of amides is 1. The molecule has 29 heavy (non-hydrogen) atoms. The lowest BCUT2D eigenvalue weighted by Crippen LogP contribution is -2.55. The van der Waals surface area contributed by atoms with Gasteiger partial charge >= 0.3 is 0 Å². The van der Waals surface area contributed by atoms with Crippen LogP contribution >= 0.6 is 0 Å². The van der Waals surface area contributed by atoms with Crippen molar-refractivity contribution in [3.63, 3.8) is 0 Å². The van der Waals surface area contributed by atoms with Crippen molar-refractivity contribution < 1.29 is 17.9 Å². The van der Waals surface area contributed by atoms with Crippen LogP contribution in [0, 0.1) is 0 Å². The monoisotopic (exact) mass is 423 g/mol. The molecule has 0 bridgehead atoms. The molecule has 3 rings (SSSR count).